The van der Waals surface area contributed by atoms with E-state index in [0.717, 1.165) is 5.92 Å². The van der Waals surface area contributed by atoms with E-state index in [1.54, 1.807) is 0 Å². The van der Waals surface area contributed by atoms with Crippen molar-refractivity contribution in [1.82, 2.24) is 10.4 Å². The first-order valence-electron chi connectivity index (χ1n) is 8.39. The van der Waals surface area contributed by atoms with Crippen LogP contribution in [0.2, 0.25) is 0 Å². The summed E-state index contributed by atoms with van der Waals surface area (Å²) in [6.07, 6.45) is 8.42. The van der Waals surface area contributed by atoms with Crippen molar-refractivity contribution in [3.8, 4) is 0 Å². The lowest BCUT2D eigenvalue weighted by Crippen LogP contribution is -2.61. The van der Waals surface area contributed by atoms with Crippen molar-refractivity contribution in [3.05, 3.63) is 0 Å². The largest absolute Gasteiger partial charge is 0.251 e. The second-order valence-electron chi connectivity index (χ2n) is 8.51. The Labute approximate surface area is 119 Å². The number of fused-ring (bicyclic) bond motifs is 2. The summed E-state index contributed by atoms with van der Waals surface area (Å²) in [5.74, 6) is 0.936. The molecule has 2 nitrogen and oxygen atoms in total. The fourth-order valence-electron chi connectivity index (χ4n) is 5.45. The molecule has 2 saturated carbocycles. The molecule has 2 bridgehead atoms. The number of piperidine rings is 1. The highest BCUT2D eigenvalue weighted by Crippen LogP contribution is 2.62. The summed E-state index contributed by atoms with van der Waals surface area (Å²) in [6, 6.07) is 2.06. The fourth-order valence-corrected chi connectivity index (χ4v) is 5.45. The van der Waals surface area contributed by atoms with Crippen molar-refractivity contribution < 1.29 is 0 Å². The van der Waals surface area contributed by atoms with Crippen LogP contribution in [0.15, 0.2) is 0 Å². The average Bonchev–Trinajstić information content (AvgIpc) is 2.78. The van der Waals surface area contributed by atoms with Crippen molar-refractivity contribution in [3.63, 3.8) is 0 Å². The van der Waals surface area contributed by atoms with Crippen molar-refractivity contribution in [1.29, 1.82) is 0 Å². The van der Waals surface area contributed by atoms with Crippen LogP contribution in [0.3, 0.4) is 0 Å². The predicted octanol–water partition coefficient (Wildman–Crippen LogP) is 3.97. The molecule has 0 aromatic heterocycles. The second-order valence-corrected chi connectivity index (χ2v) is 8.51. The van der Waals surface area contributed by atoms with Gasteiger partial charge in [0.2, 0.25) is 0 Å². The van der Waals surface area contributed by atoms with E-state index in [4.69, 9.17) is 0 Å². The van der Waals surface area contributed by atoms with E-state index in [2.05, 4.69) is 45.1 Å². The van der Waals surface area contributed by atoms with Gasteiger partial charge in [-0.1, -0.05) is 27.2 Å². The van der Waals surface area contributed by atoms with Gasteiger partial charge < -0.3 is 0 Å². The number of nitrogens with zero attached hydrogens (tertiary/aromatic N) is 1. The average molecular weight is 264 g/mol. The van der Waals surface area contributed by atoms with Crippen molar-refractivity contribution in [2.75, 3.05) is 0 Å². The molecule has 2 heteroatoms. The summed E-state index contributed by atoms with van der Waals surface area (Å²) in [7, 11) is 0. The summed E-state index contributed by atoms with van der Waals surface area (Å²) < 4.78 is 0. The maximum Gasteiger partial charge on any atom is 0.0323 e. The fraction of sp³-hybridized carbons (Fsp3) is 1.00. The minimum Gasteiger partial charge on any atom is -0.251 e. The molecule has 3 rings (SSSR count). The van der Waals surface area contributed by atoms with E-state index in [1.807, 2.05) is 0 Å². The Morgan fingerprint density at radius 2 is 1.63 bits per heavy atom. The second kappa shape index (κ2) is 4.46. The van der Waals surface area contributed by atoms with E-state index in [1.165, 1.54) is 38.5 Å². The summed E-state index contributed by atoms with van der Waals surface area (Å²) in [6.45, 7) is 12.3. The Hall–Kier alpha value is -0.0800. The van der Waals surface area contributed by atoms with Gasteiger partial charge in [-0.15, -0.1) is 0 Å². The van der Waals surface area contributed by atoms with Crippen molar-refractivity contribution in [2.45, 2.75) is 91.3 Å². The third-order valence-electron chi connectivity index (χ3n) is 6.74. The molecule has 5 unspecified atom stereocenters. The first-order valence-corrected chi connectivity index (χ1v) is 8.39. The van der Waals surface area contributed by atoms with Crippen LogP contribution in [0.5, 0.6) is 0 Å². The lowest BCUT2D eigenvalue weighted by molar-refractivity contribution is -0.0278. The van der Waals surface area contributed by atoms with Crippen LogP contribution >= 0.6 is 0 Å². The molecule has 19 heavy (non-hydrogen) atoms. The highest BCUT2D eigenvalue weighted by molar-refractivity contribution is 5.12. The van der Waals surface area contributed by atoms with Crippen LogP contribution in [0.1, 0.15) is 73.1 Å². The van der Waals surface area contributed by atoms with E-state index in [0.29, 0.717) is 29.0 Å². The molecule has 0 spiro atoms. The van der Waals surface area contributed by atoms with E-state index in [9.17, 15) is 0 Å². The summed E-state index contributed by atoms with van der Waals surface area (Å²) in [4.78, 5) is 0. The summed E-state index contributed by atoms with van der Waals surface area (Å²) in [5, 5.41) is 2.60. The SMILES string of the molecule is CC1CCCC(C)N1NC1C2(C)CCC(C2)C1(C)C. The van der Waals surface area contributed by atoms with Gasteiger partial charge in [-0.05, 0) is 62.7 Å². The van der Waals surface area contributed by atoms with Gasteiger partial charge in [0, 0.05) is 18.1 Å². The molecule has 3 aliphatic rings. The smallest absolute Gasteiger partial charge is 0.0323 e. The van der Waals surface area contributed by atoms with Gasteiger partial charge in [0.1, 0.15) is 0 Å². The Kier molecular flexibility index (Phi) is 3.26. The van der Waals surface area contributed by atoms with Gasteiger partial charge in [0.15, 0.2) is 0 Å². The molecule has 5 atom stereocenters. The third-order valence-corrected chi connectivity index (χ3v) is 6.74. The molecule has 0 radical (unpaired) electrons. The van der Waals surface area contributed by atoms with E-state index < -0.39 is 0 Å². The predicted molar refractivity (Wildman–Crippen MR) is 80.8 cm³/mol. The van der Waals surface area contributed by atoms with Gasteiger partial charge in [-0.25, -0.2) is 5.01 Å². The highest BCUT2D eigenvalue weighted by Gasteiger charge is 2.59. The quantitative estimate of drug-likeness (QED) is 0.812. The first kappa shape index (κ1) is 13.9. The zero-order chi connectivity index (χ0) is 13.8. The Morgan fingerprint density at radius 1 is 1.00 bits per heavy atom. The molecule has 0 amide bonds. The minimum atomic E-state index is 0.462. The lowest BCUT2D eigenvalue weighted by Gasteiger charge is -2.49. The molecular weight excluding hydrogens is 232 g/mol. The number of hydrogen-bond acceptors (Lipinski definition) is 2. The van der Waals surface area contributed by atoms with Crippen molar-refractivity contribution in [2.24, 2.45) is 16.7 Å². The summed E-state index contributed by atoms with van der Waals surface area (Å²) >= 11 is 0. The number of rotatable bonds is 2. The highest BCUT2D eigenvalue weighted by atomic mass is 15.5. The lowest BCUT2D eigenvalue weighted by atomic mass is 9.68. The molecule has 1 N–H and O–H groups in total. The number of hydrogen-bond donors (Lipinski definition) is 1. The molecule has 110 valence electrons. The standard InChI is InChI=1S/C17H32N2/c1-12-7-6-8-13(2)19(12)18-15-16(3,4)14-9-10-17(15,5)11-14/h12-15,18H,6-11H2,1-5H3. The molecule has 3 fully saturated rings. The Bertz CT molecular complexity index is 336. The monoisotopic (exact) mass is 264 g/mol. The molecule has 1 heterocycles. The minimum absolute atomic E-state index is 0.462. The van der Waals surface area contributed by atoms with Crippen LogP contribution < -0.4 is 5.43 Å². The summed E-state index contributed by atoms with van der Waals surface area (Å²) in [5.41, 5.74) is 5.01. The maximum absolute atomic E-state index is 4.01. The van der Waals surface area contributed by atoms with E-state index >= 15 is 0 Å². The van der Waals surface area contributed by atoms with E-state index in [-0.39, 0.29) is 0 Å². The van der Waals surface area contributed by atoms with Gasteiger partial charge in [0.25, 0.3) is 0 Å². The Balaban J connectivity index is 1.78. The van der Waals surface area contributed by atoms with Crippen molar-refractivity contribution >= 4 is 0 Å². The number of hydrazine groups is 1. The molecule has 0 aromatic carbocycles. The van der Waals surface area contributed by atoms with Gasteiger partial charge in [0.05, 0.1) is 0 Å². The number of nitrogens with one attached hydrogen (secondary N) is 1. The van der Waals surface area contributed by atoms with Crippen LogP contribution in [0.4, 0.5) is 0 Å². The Morgan fingerprint density at radius 3 is 2.16 bits per heavy atom. The van der Waals surface area contributed by atoms with Gasteiger partial charge in [-0.2, -0.15) is 0 Å². The zero-order valence-corrected chi connectivity index (χ0v) is 13.5. The zero-order valence-electron chi connectivity index (χ0n) is 13.5. The molecule has 2 aliphatic carbocycles. The van der Waals surface area contributed by atoms with Crippen LogP contribution in [-0.2, 0) is 0 Å². The normalized spacial score (nSPS) is 49.7. The van der Waals surface area contributed by atoms with Crippen LogP contribution in [-0.4, -0.2) is 23.1 Å². The van der Waals surface area contributed by atoms with Gasteiger partial charge >= 0.3 is 0 Å². The first-order chi connectivity index (χ1) is 8.84. The molecule has 1 aliphatic heterocycles. The van der Waals surface area contributed by atoms with Crippen LogP contribution in [0, 0.1) is 16.7 Å². The molecule has 0 aromatic rings. The van der Waals surface area contributed by atoms with Gasteiger partial charge in [-0.3, -0.25) is 5.43 Å². The van der Waals surface area contributed by atoms with Crippen LogP contribution in [0.25, 0.3) is 0 Å². The molecule has 1 saturated heterocycles. The third kappa shape index (κ3) is 2.06. The topological polar surface area (TPSA) is 15.3 Å². The molecular formula is C17H32N2. The maximum atomic E-state index is 4.01.